The fourth-order valence-electron chi connectivity index (χ4n) is 2.53. The summed E-state index contributed by atoms with van der Waals surface area (Å²) in [5.74, 6) is 0.210. The van der Waals surface area contributed by atoms with Crippen molar-refractivity contribution in [2.45, 2.75) is 30.4 Å². The summed E-state index contributed by atoms with van der Waals surface area (Å²) in [6, 6.07) is 12.5. The maximum atomic E-state index is 12.2. The summed E-state index contributed by atoms with van der Waals surface area (Å²) >= 11 is 1.62. The third kappa shape index (κ3) is 3.55. The molecule has 20 heavy (non-hydrogen) atoms. The Labute approximate surface area is 125 Å². The Bertz CT molecular complexity index is 487. The van der Waals surface area contributed by atoms with Crippen molar-refractivity contribution in [3.05, 3.63) is 35.9 Å². The van der Waals surface area contributed by atoms with Crippen LogP contribution in [0.15, 0.2) is 30.3 Å². The summed E-state index contributed by atoms with van der Waals surface area (Å²) in [7, 11) is 0. The van der Waals surface area contributed by atoms with Crippen LogP contribution in [0.25, 0.3) is 0 Å². The highest BCUT2D eigenvalue weighted by Gasteiger charge is 2.35. The van der Waals surface area contributed by atoms with Gasteiger partial charge in [0.15, 0.2) is 0 Å². The zero-order valence-electron chi connectivity index (χ0n) is 11.8. The standard InChI is InChI=1S/C16H20N2OS/c1-20-16(13-17)9-11-18(12-10-16)15(19)8-7-14-5-3-2-4-6-14/h2-6H,7-12H2,1H3. The predicted octanol–water partition coefficient (Wildman–Crippen LogP) is 2.87. The molecule has 4 heteroatoms. The van der Waals surface area contributed by atoms with E-state index in [0.29, 0.717) is 19.5 Å². The van der Waals surface area contributed by atoms with Gasteiger partial charge in [-0.2, -0.15) is 5.26 Å². The van der Waals surface area contributed by atoms with Gasteiger partial charge in [-0.3, -0.25) is 4.79 Å². The first-order valence-electron chi connectivity index (χ1n) is 6.97. The van der Waals surface area contributed by atoms with Crippen molar-refractivity contribution < 1.29 is 4.79 Å². The molecule has 1 fully saturated rings. The van der Waals surface area contributed by atoms with Crippen molar-refractivity contribution in [3.8, 4) is 6.07 Å². The fourth-order valence-corrected chi connectivity index (χ4v) is 3.22. The van der Waals surface area contributed by atoms with E-state index in [2.05, 4.69) is 18.2 Å². The average molecular weight is 288 g/mol. The number of rotatable bonds is 4. The number of benzene rings is 1. The quantitative estimate of drug-likeness (QED) is 0.855. The zero-order valence-corrected chi connectivity index (χ0v) is 12.7. The van der Waals surface area contributed by atoms with Crippen LogP contribution < -0.4 is 0 Å². The number of piperidine rings is 1. The van der Waals surface area contributed by atoms with Crippen molar-refractivity contribution >= 4 is 17.7 Å². The molecule has 0 saturated carbocycles. The molecule has 0 aromatic heterocycles. The molecule has 2 rings (SSSR count). The Kier molecular flexibility index (Phi) is 5.08. The van der Waals surface area contributed by atoms with Crippen molar-refractivity contribution in [1.82, 2.24) is 4.90 Å². The first kappa shape index (κ1) is 14.9. The number of aryl methyl sites for hydroxylation is 1. The van der Waals surface area contributed by atoms with Crippen LogP contribution in [-0.4, -0.2) is 34.9 Å². The molecular formula is C16H20N2OS. The number of likely N-dealkylation sites (tertiary alicyclic amines) is 1. The van der Waals surface area contributed by atoms with E-state index >= 15 is 0 Å². The fraction of sp³-hybridized carbons (Fsp3) is 0.500. The van der Waals surface area contributed by atoms with E-state index < -0.39 is 0 Å². The van der Waals surface area contributed by atoms with Gasteiger partial charge in [-0.05, 0) is 31.1 Å². The number of hydrogen-bond donors (Lipinski definition) is 0. The van der Waals surface area contributed by atoms with Gasteiger partial charge in [-0.15, -0.1) is 11.8 Å². The molecule has 0 bridgehead atoms. The molecular weight excluding hydrogens is 268 g/mol. The van der Waals surface area contributed by atoms with Crippen molar-refractivity contribution in [2.75, 3.05) is 19.3 Å². The third-order valence-electron chi connectivity index (χ3n) is 3.99. The molecule has 0 aliphatic carbocycles. The maximum absolute atomic E-state index is 12.2. The molecule has 1 saturated heterocycles. The van der Waals surface area contributed by atoms with E-state index in [9.17, 15) is 10.1 Å². The summed E-state index contributed by atoms with van der Waals surface area (Å²) in [6.07, 6.45) is 4.89. The number of amides is 1. The minimum absolute atomic E-state index is 0.210. The minimum atomic E-state index is -0.282. The molecule has 1 aromatic rings. The lowest BCUT2D eigenvalue weighted by atomic mass is 9.97. The Morgan fingerprint density at radius 2 is 2.00 bits per heavy atom. The summed E-state index contributed by atoms with van der Waals surface area (Å²) in [4.78, 5) is 14.1. The summed E-state index contributed by atoms with van der Waals surface area (Å²) in [6.45, 7) is 1.42. The summed E-state index contributed by atoms with van der Waals surface area (Å²) in [5.41, 5.74) is 1.20. The third-order valence-corrected chi connectivity index (χ3v) is 5.27. The first-order valence-corrected chi connectivity index (χ1v) is 8.20. The van der Waals surface area contributed by atoms with Gasteiger partial charge < -0.3 is 4.90 Å². The molecule has 0 atom stereocenters. The van der Waals surface area contributed by atoms with E-state index in [1.165, 1.54) is 5.56 Å². The van der Waals surface area contributed by atoms with Gasteiger partial charge in [-0.1, -0.05) is 30.3 Å². The van der Waals surface area contributed by atoms with Gasteiger partial charge in [0.25, 0.3) is 0 Å². The molecule has 0 radical (unpaired) electrons. The molecule has 0 unspecified atom stereocenters. The van der Waals surface area contributed by atoms with Crippen LogP contribution in [0, 0.1) is 11.3 Å². The number of nitriles is 1. The lowest BCUT2D eigenvalue weighted by Crippen LogP contribution is -2.44. The lowest BCUT2D eigenvalue weighted by molar-refractivity contribution is -0.132. The van der Waals surface area contributed by atoms with Gasteiger partial charge >= 0.3 is 0 Å². The molecule has 1 aromatic carbocycles. The molecule has 1 aliphatic rings. The van der Waals surface area contributed by atoms with Crippen LogP contribution in [0.4, 0.5) is 0 Å². The van der Waals surface area contributed by atoms with Crippen LogP contribution in [0.2, 0.25) is 0 Å². The highest BCUT2D eigenvalue weighted by atomic mass is 32.2. The van der Waals surface area contributed by atoms with E-state index in [4.69, 9.17) is 0 Å². The topological polar surface area (TPSA) is 44.1 Å². The van der Waals surface area contributed by atoms with Crippen LogP contribution in [0.3, 0.4) is 0 Å². The molecule has 106 valence electrons. The highest BCUT2D eigenvalue weighted by Crippen LogP contribution is 2.33. The zero-order chi connectivity index (χ0) is 14.4. The number of carbonyl (C=O) groups excluding carboxylic acids is 1. The van der Waals surface area contributed by atoms with Gasteiger partial charge in [0.2, 0.25) is 5.91 Å². The van der Waals surface area contributed by atoms with Crippen molar-refractivity contribution in [2.24, 2.45) is 0 Å². The Morgan fingerprint density at radius 1 is 1.35 bits per heavy atom. The Hall–Kier alpha value is -1.47. The molecule has 1 amide bonds. The smallest absolute Gasteiger partial charge is 0.222 e. The Morgan fingerprint density at radius 3 is 2.55 bits per heavy atom. The van der Waals surface area contributed by atoms with Gasteiger partial charge in [-0.25, -0.2) is 0 Å². The number of thioether (sulfide) groups is 1. The predicted molar refractivity (Wildman–Crippen MR) is 82.4 cm³/mol. The minimum Gasteiger partial charge on any atom is -0.343 e. The van der Waals surface area contributed by atoms with E-state index in [0.717, 1.165) is 19.3 Å². The normalized spacial score (nSPS) is 17.5. The highest BCUT2D eigenvalue weighted by molar-refractivity contribution is 8.00. The summed E-state index contributed by atoms with van der Waals surface area (Å²) < 4.78 is -0.282. The second kappa shape index (κ2) is 6.81. The average Bonchev–Trinajstić information content (AvgIpc) is 2.53. The van der Waals surface area contributed by atoms with Crippen molar-refractivity contribution in [3.63, 3.8) is 0 Å². The largest absolute Gasteiger partial charge is 0.343 e. The van der Waals surface area contributed by atoms with Crippen molar-refractivity contribution in [1.29, 1.82) is 5.26 Å². The Balaban J connectivity index is 1.82. The SMILES string of the molecule is CSC1(C#N)CCN(C(=O)CCc2ccccc2)CC1. The summed E-state index contributed by atoms with van der Waals surface area (Å²) in [5, 5.41) is 9.24. The van der Waals surface area contributed by atoms with Crippen LogP contribution in [0.5, 0.6) is 0 Å². The molecule has 3 nitrogen and oxygen atoms in total. The number of nitrogens with zero attached hydrogens (tertiary/aromatic N) is 2. The van der Waals surface area contributed by atoms with Crippen LogP contribution in [0.1, 0.15) is 24.8 Å². The second-order valence-electron chi connectivity index (χ2n) is 5.18. The van der Waals surface area contributed by atoms with Gasteiger partial charge in [0.1, 0.15) is 4.75 Å². The first-order chi connectivity index (χ1) is 9.69. The molecule has 0 spiro atoms. The van der Waals surface area contributed by atoms with Gasteiger partial charge in [0.05, 0.1) is 6.07 Å². The second-order valence-corrected chi connectivity index (χ2v) is 6.37. The number of carbonyl (C=O) groups is 1. The van der Waals surface area contributed by atoms with Crippen LogP contribution in [-0.2, 0) is 11.2 Å². The maximum Gasteiger partial charge on any atom is 0.222 e. The van der Waals surface area contributed by atoms with Crippen LogP contribution >= 0.6 is 11.8 Å². The van der Waals surface area contributed by atoms with E-state index in [1.807, 2.05) is 29.4 Å². The molecule has 1 heterocycles. The lowest BCUT2D eigenvalue weighted by Gasteiger charge is -2.36. The van der Waals surface area contributed by atoms with E-state index in [1.54, 1.807) is 11.8 Å². The monoisotopic (exact) mass is 288 g/mol. The molecule has 0 N–H and O–H groups in total. The van der Waals surface area contributed by atoms with E-state index in [-0.39, 0.29) is 10.7 Å². The number of hydrogen-bond acceptors (Lipinski definition) is 3. The molecule has 1 aliphatic heterocycles. The van der Waals surface area contributed by atoms with Gasteiger partial charge in [0, 0.05) is 19.5 Å².